The summed E-state index contributed by atoms with van der Waals surface area (Å²) in [5.41, 5.74) is 0. The fourth-order valence-electron chi connectivity index (χ4n) is 2.54. The van der Waals surface area contributed by atoms with E-state index in [1.807, 2.05) is 6.20 Å². The molecule has 0 saturated heterocycles. The molecule has 2 N–H and O–H groups in total. The van der Waals surface area contributed by atoms with E-state index in [1.54, 1.807) is 11.3 Å². The Morgan fingerprint density at radius 1 is 1.40 bits per heavy atom. The summed E-state index contributed by atoms with van der Waals surface area (Å²) in [6, 6.07) is 0.601. The van der Waals surface area contributed by atoms with Gasteiger partial charge in [-0.05, 0) is 26.7 Å². The van der Waals surface area contributed by atoms with Gasteiger partial charge in [-0.3, -0.25) is 4.99 Å². The fraction of sp³-hybridized carbons (Fsp3) is 0.733. The van der Waals surface area contributed by atoms with Gasteiger partial charge in [0.05, 0.1) is 5.01 Å². The summed E-state index contributed by atoms with van der Waals surface area (Å²) in [6.07, 6.45) is 9.49. The number of aryl methyl sites for hydroxylation is 1. The maximum absolute atomic E-state index is 4.67. The van der Waals surface area contributed by atoms with Crippen LogP contribution in [-0.2, 0) is 6.42 Å². The molecule has 0 bridgehead atoms. The Kier molecular flexibility index (Phi) is 6.30. The lowest BCUT2D eigenvalue weighted by Crippen LogP contribution is -2.44. The van der Waals surface area contributed by atoms with Crippen LogP contribution < -0.4 is 10.6 Å². The lowest BCUT2D eigenvalue weighted by Gasteiger charge is -2.24. The van der Waals surface area contributed by atoms with E-state index in [0.717, 1.165) is 25.5 Å². The zero-order valence-corrected chi connectivity index (χ0v) is 13.4. The Labute approximate surface area is 126 Å². The van der Waals surface area contributed by atoms with Gasteiger partial charge in [0.15, 0.2) is 5.96 Å². The second-order valence-electron chi connectivity index (χ2n) is 5.35. The summed E-state index contributed by atoms with van der Waals surface area (Å²) < 4.78 is 0. The van der Waals surface area contributed by atoms with E-state index < -0.39 is 0 Å². The van der Waals surface area contributed by atoms with Crippen LogP contribution in [0.4, 0.5) is 0 Å². The number of hydrogen-bond donors (Lipinski definition) is 2. The standard InChI is InChI=1S/C15H26N4S/c1-3-16-15(19-13-7-5-4-6-8-13)17-10-9-14-18-11-12(2)20-14/h11,13H,3-10H2,1-2H3,(H2,16,17,19). The van der Waals surface area contributed by atoms with Crippen molar-refractivity contribution >= 4 is 17.3 Å². The van der Waals surface area contributed by atoms with E-state index >= 15 is 0 Å². The molecular weight excluding hydrogens is 268 g/mol. The van der Waals surface area contributed by atoms with Crippen molar-refractivity contribution in [2.75, 3.05) is 13.1 Å². The van der Waals surface area contributed by atoms with Crippen molar-refractivity contribution in [3.63, 3.8) is 0 Å². The molecule has 0 aliphatic heterocycles. The van der Waals surface area contributed by atoms with Gasteiger partial charge in [0.2, 0.25) is 0 Å². The average Bonchev–Trinajstić information content (AvgIpc) is 2.86. The normalized spacial score (nSPS) is 17.2. The van der Waals surface area contributed by atoms with Crippen LogP contribution in [0.25, 0.3) is 0 Å². The van der Waals surface area contributed by atoms with Crippen LogP contribution in [0.5, 0.6) is 0 Å². The molecule has 1 aromatic heterocycles. The lowest BCUT2D eigenvalue weighted by molar-refractivity contribution is 0.410. The minimum absolute atomic E-state index is 0.601. The van der Waals surface area contributed by atoms with Gasteiger partial charge in [0.1, 0.15) is 0 Å². The molecule has 2 rings (SSSR count). The molecule has 20 heavy (non-hydrogen) atoms. The number of hydrogen-bond acceptors (Lipinski definition) is 3. The monoisotopic (exact) mass is 294 g/mol. The molecule has 0 radical (unpaired) electrons. The number of nitrogens with one attached hydrogen (secondary N) is 2. The highest BCUT2D eigenvalue weighted by atomic mass is 32.1. The Balaban J connectivity index is 1.81. The Hall–Kier alpha value is -1.10. The van der Waals surface area contributed by atoms with Crippen molar-refractivity contribution in [1.82, 2.24) is 15.6 Å². The molecule has 1 aliphatic rings. The highest BCUT2D eigenvalue weighted by molar-refractivity contribution is 7.11. The number of aromatic nitrogens is 1. The summed E-state index contributed by atoms with van der Waals surface area (Å²) >= 11 is 1.77. The van der Waals surface area contributed by atoms with E-state index in [1.165, 1.54) is 42.0 Å². The summed E-state index contributed by atoms with van der Waals surface area (Å²) in [5, 5.41) is 8.09. The van der Waals surface area contributed by atoms with Crippen molar-refractivity contribution in [3.8, 4) is 0 Å². The van der Waals surface area contributed by atoms with Gasteiger partial charge in [-0.1, -0.05) is 19.3 Å². The van der Waals surface area contributed by atoms with Crippen LogP contribution in [0.1, 0.15) is 48.9 Å². The van der Waals surface area contributed by atoms with Gasteiger partial charge in [0, 0.05) is 36.6 Å². The summed E-state index contributed by atoms with van der Waals surface area (Å²) in [5.74, 6) is 0.965. The molecule has 5 heteroatoms. The molecule has 1 aromatic rings. The van der Waals surface area contributed by atoms with Gasteiger partial charge in [0.25, 0.3) is 0 Å². The predicted octanol–water partition coefficient (Wildman–Crippen LogP) is 2.88. The number of aliphatic imine (C=N–C) groups is 1. The van der Waals surface area contributed by atoms with E-state index in [4.69, 9.17) is 0 Å². The SMILES string of the molecule is CCNC(=NCCc1ncc(C)s1)NC1CCCCC1. The zero-order chi connectivity index (χ0) is 14.2. The molecule has 1 aliphatic carbocycles. The zero-order valence-electron chi connectivity index (χ0n) is 12.6. The second kappa shape index (κ2) is 8.25. The molecule has 0 amide bonds. The first-order chi connectivity index (χ1) is 9.78. The molecule has 0 spiro atoms. The summed E-state index contributed by atoms with van der Waals surface area (Å²) in [6.45, 7) is 5.92. The maximum Gasteiger partial charge on any atom is 0.191 e. The van der Waals surface area contributed by atoms with Crippen LogP contribution in [-0.4, -0.2) is 30.1 Å². The topological polar surface area (TPSA) is 49.3 Å². The smallest absolute Gasteiger partial charge is 0.191 e. The van der Waals surface area contributed by atoms with E-state index in [-0.39, 0.29) is 0 Å². The van der Waals surface area contributed by atoms with Crippen molar-refractivity contribution in [2.24, 2.45) is 4.99 Å². The molecule has 1 fully saturated rings. The number of thiazole rings is 1. The van der Waals surface area contributed by atoms with Gasteiger partial charge in [-0.2, -0.15) is 0 Å². The van der Waals surface area contributed by atoms with E-state index in [0.29, 0.717) is 6.04 Å². The minimum Gasteiger partial charge on any atom is -0.357 e. The van der Waals surface area contributed by atoms with Crippen LogP contribution in [0.2, 0.25) is 0 Å². The Bertz CT molecular complexity index is 421. The van der Waals surface area contributed by atoms with Crippen molar-refractivity contribution in [2.45, 2.75) is 58.4 Å². The number of nitrogens with zero attached hydrogens (tertiary/aromatic N) is 2. The molecule has 0 unspecified atom stereocenters. The van der Waals surface area contributed by atoms with Crippen LogP contribution in [0.15, 0.2) is 11.2 Å². The fourth-order valence-corrected chi connectivity index (χ4v) is 3.32. The van der Waals surface area contributed by atoms with Crippen molar-refractivity contribution in [1.29, 1.82) is 0 Å². The lowest BCUT2D eigenvalue weighted by atomic mass is 9.96. The first kappa shape index (κ1) is 15.3. The molecule has 1 heterocycles. The van der Waals surface area contributed by atoms with E-state index in [9.17, 15) is 0 Å². The minimum atomic E-state index is 0.601. The van der Waals surface area contributed by atoms with Gasteiger partial charge >= 0.3 is 0 Å². The molecule has 1 saturated carbocycles. The van der Waals surface area contributed by atoms with Crippen LogP contribution >= 0.6 is 11.3 Å². The van der Waals surface area contributed by atoms with Gasteiger partial charge in [-0.25, -0.2) is 4.98 Å². The number of rotatable bonds is 5. The predicted molar refractivity (Wildman–Crippen MR) is 86.5 cm³/mol. The molecule has 0 aromatic carbocycles. The van der Waals surface area contributed by atoms with Crippen molar-refractivity contribution in [3.05, 3.63) is 16.1 Å². The maximum atomic E-state index is 4.67. The Morgan fingerprint density at radius 2 is 2.20 bits per heavy atom. The summed E-state index contributed by atoms with van der Waals surface area (Å²) in [4.78, 5) is 10.3. The number of guanidine groups is 1. The van der Waals surface area contributed by atoms with Crippen molar-refractivity contribution < 1.29 is 0 Å². The molecule has 112 valence electrons. The molecular formula is C15H26N4S. The van der Waals surface area contributed by atoms with E-state index in [2.05, 4.69) is 34.5 Å². The second-order valence-corrected chi connectivity index (χ2v) is 6.67. The first-order valence-electron chi connectivity index (χ1n) is 7.74. The quantitative estimate of drug-likeness (QED) is 0.648. The summed E-state index contributed by atoms with van der Waals surface area (Å²) in [7, 11) is 0. The highest BCUT2D eigenvalue weighted by Gasteiger charge is 2.14. The largest absolute Gasteiger partial charge is 0.357 e. The average molecular weight is 294 g/mol. The third kappa shape index (κ3) is 5.12. The first-order valence-corrected chi connectivity index (χ1v) is 8.55. The van der Waals surface area contributed by atoms with Gasteiger partial charge in [-0.15, -0.1) is 11.3 Å². The van der Waals surface area contributed by atoms with Crippen LogP contribution in [0.3, 0.4) is 0 Å². The third-order valence-electron chi connectivity index (χ3n) is 3.55. The molecule has 0 atom stereocenters. The van der Waals surface area contributed by atoms with Crippen LogP contribution in [0, 0.1) is 6.92 Å². The molecule has 4 nitrogen and oxygen atoms in total. The van der Waals surface area contributed by atoms with Gasteiger partial charge < -0.3 is 10.6 Å². The highest BCUT2D eigenvalue weighted by Crippen LogP contribution is 2.17. The third-order valence-corrected chi connectivity index (χ3v) is 4.53. The Morgan fingerprint density at radius 3 is 2.85 bits per heavy atom.